The molecule has 3 N–H and O–H groups in total. The van der Waals surface area contributed by atoms with E-state index in [9.17, 15) is 4.39 Å². The molecule has 0 radical (unpaired) electrons. The molecule has 1 fully saturated rings. The van der Waals surface area contributed by atoms with Crippen molar-refractivity contribution in [3.05, 3.63) is 0 Å². The highest BCUT2D eigenvalue weighted by Crippen LogP contribution is 2.11. The van der Waals surface area contributed by atoms with Crippen LogP contribution in [-0.4, -0.2) is 41.7 Å². The molecule has 0 aromatic rings. The second kappa shape index (κ2) is 3.96. The summed E-state index contributed by atoms with van der Waals surface area (Å²) in [5, 5.41) is 18.0. The van der Waals surface area contributed by atoms with Crippen molar-refractivity contribution >= 4 is 0 Å². The van der Waals surface area contributed by atoms with Crippen molar-refractivity contribution < 1.29 is 19.4 Å². The Labute approximate surface area is 63.9 Å². The van der Waals surface area contributed by atoms with Crippen molar-refractivity contribution in [3.8, 4) is 0 Å². The van der Waals surface area contributed by atoms with Gasteiger partial charge in [0.2, 0.25) is 0 Å². The lowest BCUT2D eigenvalue weighted by atomic mass is 10.1. The van der Waals surface area contributed by atoms with Crippen LogP contribution in [0.25, 0.3) is 0 Å². The monoisotopic (exact) mass is 165 g/mol. The summed E-state index contributed by atoms with van der Waals surface area (Å²) >= 11 is 0. The van der Waals surface area contributed by atoms with Crippen LogP contribution in [-0.2, 0) is 4.84 Å². The highest BCUT2D eigenvalue weighted by molar-refractivity contribution is 4.77. The Hall–Kier alpha value is -0.230. The summed E-state index contributed by atoms with van der Waals surface area (Å²) in [7, 11) is 0. The van der Waals surface area contributed by atoms with Crippen LogP contribution in [0.3, 0.4) is 0 Å². The lowest BCUT2D eigenvalue weighted by molar-refractivity contribution is -0.0309. The van der Waals surface area contributed by atoms with Crippen LogP contribution in [0.5, 0.6) is 0 Å². The number of rotatable bonds is 3. The number of halogens is 1. The lowest BCUT2D eigenvalue weighted by Gasteiger charge is -2.13. The SMILES string of the molecule is O[C@H](CF)C[C@@H]1ONC[C@H]1O. The lowest BCUT2D eigenvalue weighted by Crippen LogP contribution is -2.28. The van der Waals surface area contributed by atoms with Crippen molar-refractivity contribution in [1.82, 2.24) is 5.48 Å². The van der Waals surface area contributed by atoms with Gasteiger partial charge < -0.3 is 10.2 Å². The molecule has 11 heavy (non-hydrogen) atoms. The molecule has 1 aliphatic rings. The minimum Gasteiger partial charge on any atom is -0.390 e. The fourth-order valence-corrected chi connectivity index (χ4v) is 0.987. The first-order chi connectivity index (χ1) is 5.24. The normalized spacial score (nSPS) is 34.1. The number of hydroxylamine groups is 1. The van der Waals surface area contributed by atoms with Gasteiger partial charge in [-0.25, -0.2) is 4.39 Å². The van der Waals surface area contributed by atoms with E-state index in [1.165, 1.54) is 0 Å². The molecule has 0 spiro atoms. The molecule has 1 saturated heterocycles. The molecular weight excluding hydrogens is 153 g/mol. The van der Waals surface area contributed by atoms with Crippen molar-refractivity contribution in [2.75, 3.05) is 13.2 Å². The van der Waals surface area contributed by atoms with Crippen LogP contribution in [0.2, 0.25) is 0 Å². The summed E-state index contributed by atoms with van der Waals surface area (Å²) in [6.07, 6.45) is -2.03. The Morgan fingerprint density at radius 2 is 2.45 bits per heavy atom. The van der Waals surface area contributed by atoms with E-state index in [1.807, 2.05) is 0 Å². The van der Waals surface area contributed by atoms with Crippen molar-refractivity contribution in [3.63, 3.8) is 0 Å². The standard InChI is InChI=1S/C6H12FNO3/c7-2-4(9)1-6-5(10)3-8-11-6/h4-6,8-10H,1-3H2/t4-,5+,6-/m0/s1. The third-order valence-electron chi connectivity index (χ3n) is 1.64. The molecule has 0 saturated carbocycles. The molecule has 1 aliphatic heterocycles. The zero-order valence-electron chi connectivity index (χ0n) is 6.03. The molecule has 5 heteroatoms. The number of alkyl halides is 1. The fraction of sp³-hybridized carbons (Fsp3) is 1.00. The Morgan fingerprint density at radius 1 is 1.73 bits per heavy atom. The van der Waals surface area contributed by atoms with Crippen molar-refractivity contribution in [2.45, 2.75) is 24.7 Å². The molecule has 0 unspecified atom stereocenters. The van der Waals surface area contributed by atoms with E-state index in [2.05, 4.69) is 5.48 Å². The Kier molecular flexibility index (Phi) is 3.19. The van der Waals surface area contributed by atoms with Gasteiger partial charge in [-0.3, -0.25) is 4.84 Å². The van der Waals surface area contributed by atoms with Gasteiger partial charge in [0.15, 0.2) is 0 Å². The Bertz CT molecular complexity index is 124. The maximum Gasteiger partial charge on any atom is 0.115 e. The van der Waals surface area contributed by atoms with Gasteiger partial charge in [0.05, 0.1) is 12.2 Å². The molecule has 0 bridgehead atoms. The zero-order valence-corrected chi connectivity index (χ0v) is 6.03. The second-order valence-corrected chi connectivity index (χ2v) is 2.62. The number of aliphatic hydroxyl groups is 2. The Balaban J connectivity index is 2.24. The summed E-state index contributed by atoms with van der Waals surface area (Å²) in [6.45, 7) is -0.462. The topological polar surface area (TPSA) is 61.7 Å². The first-order valence-electron chi connectivity index (χ1n) is 3.54. The summed E-state index contributed by atoms with van der Waals surface area (Å²) in [5.74, 6) is 0. The van der Waals surface area contributed by atoms with E-state index in [0.29, 0.717) is 6.54 Å². The third-order valence-corrected chi connectivity index (χ3v) is 1.64. The average molecular weight is 165 g/mol. The molecule has 4 nitrogen and oxygen atoms in total. The summed E-state index contributed by atoms with van der Waals surface area (Å²) in [6, 6.07) is 0. The van der Waals surface area contributed by atoms with E-state index < -0.39 is 25.0 Å². The molecule has 0 aromatic carbocycles. The van der Waals surface area contributed by atoms with Gasteiger partial charge in [0.25, 0.3) is 0 Å². The van der Waals surface area contributed by atoms with Gasteiger partial charge in [-0.15, -0.1) is 0 Å². The van der Waals surface area contributed by atoms with Crippen LogP contribution < -0.4 is 5.48 Å². The van der Waals surface area contributed by atoms with E-state index in [1.54, 1.807) is 0 Å². The molecule has 1 heterocycles. The van der Waals surface area contributed by atoms with Crippen molar-refractivity contribution in [2.24, 2.45) is 0 Å². The molecule has 0 aromatic heterocycles. The van der Waals surface area contributed by atoms with E-state index in [4.69, 9.17) is 15.1 Å². The predicted octanol–water partition coefficient (Wildman–Crippen LogP) is -1.03. The number of hydrogen-bond acceptors (Lipinski definition) is 4. The van der Waals surface area contributed by atoms with Crippen LogP contribution in [0, 0.1) is 0 Å². The molecule has 0 amide bonds. The minimum atomic E-state index is -1.03. The summed E-state index contributed by atoms with van der Waals surface area (Å²) in [4.78, 5) is 4.81. The van der Waals surface area contributed by atoms with Gasteiger partial charge in [-0.05, 0) is 0 Å². The smallest absolute Gasteiger partial charge is 0.115 e. The van der Waals surface area contributed by atoms with E-state index in [0.717, 1.165) is 0 Å². The molecule has 3 atom stereocenters. The van der Waals surface area contributed by atoms with Gasteiger partial charge >= 0.3 is 0 Å². The third kappa shape index (κ3) is 2.37. The summed E-state index contributed by atoms with van der Waals surface area (Å²) in [5.41, 5.74) is 2.47. The quantitative estimate of drug-likeness (QED) is 0.500. The molecule has 66 valence electrons. The number of hydrogen-bond donors (Lipinski definition) is 3. The molecule has 0 aliphatic carbocycles. The number of aliphatic hydroxyl groups excluding tert-OH is 2. The molecule has 1 rings (SSSR count). The van der Waals surface area contributed by atoms with E-state index in [-0.39, 0.29) is 6.42 Å². The summed E-state index contributed by atoms with van der Waals surface area (Å²) < 4.78 is 11.8. The van der Waals surface area contributed by atoms with Gasteiger partial charge in [0.1, 0.15) is 12.8 Å². The van der Waals surface area contributed by atoms with Crippen LogP contribution in [0.15, 0.2) is 0 Å². The predicted molar refractivity (Wildman–Crippen MR) is 35.5 cm³/mol. The average Bonchev–Trinajstić information content (AvgIpc) is 2.37. The minimum absolute atomic E-state index is 0.130. The van der Waals surface area contributed by atoms with Crippen LogP contribution in [0.4, 0.5) is 4.39 Å². The van der Waals surface area contributed by atoms with Gasteiger partial charge in [-0.1, -0.05) is 0 Å². The fourth-order valence-electron chi connectivity index (χ4n) is 0.987. The first-order valence-corrected chi connectivity index (χ1v) is 3.54. The number of β-amino-alcohol motifs (C(OH)–C–C–N with tert-alkyl or cyclic N) is 1. The zero-order chi connectivity index (χ0) is 8.27. The maximum atomic E-state index is 11.8. The first kappa shape index (κ1) is 8.86. The highest BCUT2D eigenvalue weighted by atomic mass is 19.1. The second-order valence-electron chi connectivity index (χ2n) is 2.62. The Morgan fingerprint density at radius 3 is 2.91 bits per heavy atom. The van der Waals surface area contributed by atoms with Gasteiger partial charge in [-0.2, -0.15) is 5.48 Å². The highest BCUT2D eigenvalue weighted by Gasteiger charge is 2.28. The molecular formula is C6H12FNO3. The van der Waals surface area contributed by atoms with Crippen LogP contribution in [0.1, 0.15) is 6.42 Å². The largest absolute Gasteiger partial charge is 0.390 e. The maximum absolute atomic E-state index is 11.8. The van der Waals surface area contributed by atoms with E-state index >= 15 is 0 Å². The number of nitrogens with one attached hydrogen (secondary N) is 1. The van der Waals surface area contributed by atoms with Crippen molar-refractivity contribution in [1.29, 1.82) is 0 Å². The van der Waals surface area contributed by atoms with Crippen LogP contribution >= 0.6 is 0 Å². The van der Waals surface area contributed by atoms with Gasteiger partial charge in [0, 0.05) is 13.0 Å².